The molecule has 9 nitrogen and oxygen atoms in total. The Labute approximate surface area is 360 Å². The highest BCUT2D eigenvalue weighted by atomic mass is 127. The fourth-order valence-corrected chi connectivity index (χ4v) is 6.00. The molecule has 2 fully saturated rings. The number of hydrogen-bond acceptors (Lipinski definition) is 7. The SMILES string of the molecule is C=CC(=O)N1CCN(C(=N)C(=C)CCN(CC)C(=C)c2ccccc2/C=C(\C)O)CC1.CC.CC.CC.CC(C)CCN(C)C1CCCCCC1.CN.COI. The number of amides is 1. The minimum atomic E-state index is -0.0615. The Morgan fingerprint density at radius 1 is 0.982 bits per heavy atom. The molecule has 0 atom stereocenters. The Morgan fingerprint density at radius 2 is 1.46 bits per heavy atom. The summed E-state index contributed by atoms with van der Waals surface area (Å²) in [5, 5.41) is 18.2. The molecule has 0 radical (unpaired) electrons. The van der Waals surface area contributed by atoms with Gasteiger partial charge in [-0.1, -0.05) is 125 Å². The predicted octanol–water partition coefficient (Wildman–Crippen LogP) is 11.5. The first-order chi connectivity index (χ1) is 26.9. The number of carbonyl (C=O) groups excluding carboxylic acids is 1. The minimum absolute atomic E-state index is 0.0615. The van der Waals surface area contributed by atoms with Gasteiger partial charge in [-0.2, -0.15) is 0 Å². The number of rotatable bonds is 13. The molecule has 1 aliphatic carbocycles. The molecule has 1 heterocycles. The van der Waals surface area contributed by atoms with E-state index in [9.17, 15) is 9.90 Å². The number of amidine groups is 1. The fraction of sp³-hybridized carbons (Fsp3) is 0.652. The van der Waals surface area contributed by atoms with Crippen molar-refractivity contribution in [1.29, 1.82) is 5.41 Å². The second-order valence-corrected chi connectivity index (χ2v) is 14.0. The number of benzene rings is 1. The van der Waals surface area contributed by atoms with Gasteiger partial charge in [-0.15, -0.1) is 0 Å². The zero-order valence-corrected chi connectivity index (χ0v) is 40.5. The van der Waals surface area contributed by atoms with Crippen LogP contribution in [0.3, 0.4) is 0 Å². The van der Waals surface area contributed by atoms with Crippen LogP contribution in [0.15, 0.2) is 61.4 Å². The predicted molar refractivity (Wildman–Crippen MR) is 258 cm³/mol. The third-order valence-corrected chi connectivity index (χ3v) is 9.01. The van der Waals surface area contributed by atoms with Gasteiger partial charge >= 0.3 is 0 Å². The summed E-state index contributed by atoms with van der Waals surface area (Å²) in [6, 6.07) is 8.74. The maximum atomic E-state index is 11.7. The molecule has 1 saturated carbocycles. The Morgan fingerprint density at radius 3 is 1.91 bits per heavy atom. The molecule has 1 aliphatic heterocycles. The Hall–Kier alpha value is -2.67. The molecule has 2 aliphatic rings. The number of aliphatic hydroxyl groups is 1. The molecule has 1 amide bonds. The van der Waals surface area contributed by atoms with E-state index in [4.69, 9.17) is 5.41 Å². The molecule has 10 heteroatoms. The van der Waals surface area contributed by atoms with Gasteiger partial charge in [0.2, 0.25) is 5.91 Å². The summed E-state index contributed by atoms with van der Waals surface area (Å²) in [5.74, 6) is 1.48. The fourth-order valence-electron chi connectivity index (χ4n) is 6.00. The summed E-state index contributed by atoms with van der Waals surface area (Å²) in [7, 11) is 5.43. The molecule has 0 bridgehead atoms. The minimum Gasteiger partial charge on any atom is -0.513 e. The lowest BCUT2D eigenvalue weighted by Gasteiger charge is -2.36. The molecule has 4 N–H and O–H groups in total. The summed E-state index contributed by atoms with van der Waals surface area (Å²) < 4.78 is 4.22. The quantitative estimate of drug-likeness (QED) is 0.0452. The van der Waals surface area contributed by atoms with Gasteiger partial charge in [-0.05, 0) is 89.4 Å². The molecule has 1 aromatic carbocycles. The van der Waals surface area contributed by atoms with E-state index in [0.29, 0.717) is 45.0 Å². The number of hydrogen-bond donors (Lipinski definition) is 3. The topological polar surface area (TPSA) is 109 Å². The summed E-state index contributed by atoms with van der Waals surface area (Å²) in [6.45, 7) is 37.5. The molecule has 1 aromatic rings. The summed E-state index contributed by atoms with van der Waals surface area (Å²) in [4.78, 5) is 20.2. The number of nitrogens with two attached hydrogens (primary N) is 1. The normalized spacial score (nSPS) is 13.7. The van der Waals surface area contributed by atoms with Crippen LogP contribution in [0.25, 0.3) is 11.8 Å². The second kappa shape index (κ2) is 40.5. The molecule has 1 saturated heterocycles. The van der Waals surface area contributed by atoms with E-state index in [1.807, 2.05) is 70.7 Å². The number of allylic oxidation sites excluding steroid dienone is 1. The molecule has 3 rings (SSSR count). The van der Waals surface area contributed by atoms with Gasteiger partial charge < -0.3 is 33.5 Å². The molecule has 56 heavy (non-hydrogen) atoms. The van der Waals surface area contributed by atoms with Crippen LogP contribution < -0.4 is 5.73 Å². The van der Waals surface area contributed by atoms with Gasteiger partial charge in [0.15, 0.2) is 0 Å². The van der Waals surface area contributed by atoms with E-state index < -0.39 is 0 Å². The number of piperazine rings is 1. The average molecular weight is 899 g/mol. The summed E-state index contributed by atoms with van der Waals surface area (Å²) >= 11 is 1.79. The van der Waals surface area contributed by atoms with Crippen molar-refractivity contribution in [3.8, 4) is 0 Å². The van der Waals surface area contributed by atoms with Crippen molar-refractivity contribution in [2.75, 3.05) is 67.0 Å². The first kappa shape index (κ1) is 60.0. The van der Waals surface area contributed by atoms with Crippen LogP contribution in [0.4, 0.5) is 0 Å². The first-order valence-electron chi connectivity index (χ1n) is 21.2. The van der Waals surface area contributed by atoms with Crippen LogP contribution in [0, 0.1) is 11.3 Å². The molecule has 326 valence electrons. The lowest BCUT2D eigenvalue weighted by atomic mass is 10.0. The van der Waals surface area contributed by atoms with E-state index in [-0.39, 0.29) is 11.7 Å². The molecule has 0 spiro atoms. The van der Waals surface area contributed by atoms with Gasteiger partial charge in [0, 0.05) is 63.7 Å². The first-order valence-corrected chi connectivity index (χ1v) is 22.0. The zero-order valence-electron chi connectivity index (χ0n) is 38.4. The Bertz CT molecular complexity index is 1170. The number of nitrogens with zero attached hydrogens (tertiary/aromatic N) is 4. The van der Waals surface area contributed by atoms with Crippen LogP contribution in [0.2, 0.25) is 0 Å². The zero-order chi connectivity index (χ0) is 44.1. The second-order valence-electron chi connectivity index (χ2n) is 13.1. The monoisotopic (exact) mass is 899 g/mol. The highest BCUT2D eigenvalue weighted by Crippen LogP contribution is 2.24. The van der Waals surface area contributed by atoms with Crippen molar-refractivity contribution in [1.82, 2.24) is 19.6 Å². The maximum Gasteiger partial charge on any atom is 0.246 e. The van der Waals surface area contributed by atoms with Crippen molar-refractivity contribution in [3.05, 3.63) is 72.5 Å². The van der Waals surface area contributed by atoms with E-state index in [0.717, 1.165) is 40.9 Å². The Balaban J connectivity index is -0.000000449. The van der Waals surface area contributed by atoms with Gasteiger partial charge in [0.1, 0.15) is 28.8 Å². The highest BCUT2D eigenvalue weighted by Gasteiger charge is 2.23. The Kier molecular flexibility index (Phi) is 43.4. The van der Waals surface area contributed by atoms with Gasteiger partial charge in [-0.25, -0.2) is 0 Å². The average Bonchev–Trinajstić information content (AvgIpc) is 3.53. The largest absolute Gasteiger partial charge is 0.513 e. The van der Waals surface area contributed by atoms with Crippen molar-refractivity contribution < 1.29 is 13.0 Å². The van der Waals surface area contributed by atoms with Gasteiger partial charge in [0.25, 0.3) is 0 Å². The van der Waals surface area contributed by atoms with Crippen molar-refractivity contribution in [3.63, 3.8) is 0 Å². The van der Waals surface area contributed by atoms with Crippen molar-refractivity contribution in [2.24, 2.45) is 11.7 Å². The third kappa shape index (κ3) is 27.1. The van der Waals surface area contributed by atoms with Crippen molar-refractivity contribution >= 4 is 46.5 Å². The number of nitrogens with one attached hydrogen (secondary N) is 1. The van der Waals surface area contributed by atoms with Crippen LogP contribution in [0.5, 0.6) is 0 Å². The van der Waals surface area contributed by atoms with Crippen LogP contribution in [-0.2, 0) is 7.86 Å². The highest BCUT2D eigenvalue weighted by molar-refractivity contribution is 14.1. The van der Waals surface area contributed by atoms with E-state index in [1.165, 1.54) is 64.6 Å². The number of aliphatic hydroxyl groups excluding tert-OH is 1. The standard InChI is InChI=1S/C25H34N4O2.C13H27N.3C2H6.CH3IO.CH5N/c1-6-24(31)28-14-16-29(17-15-28)25(26)19(3)12-13-27(7-2)21(5)23-11-9-8-10-22(23)18-20(4)30;1-12(2)10-11-14(3)13-8-6-4-5-7-9-13;3*1-2;1-3-2;1-2/h6,8-11,18,26,30H,1,3,5,7,12-17H2,2,4H3;12-13H,4-11H2,1-3H3;3*1-2H3;1H3;2H2,1H3/b20-18+,26-25?;;;;;;. The van der Waals surface area contributed by atoms with Crippen LogP contribution >= 0.6 is 23.0 Å². The lowest BCUT2D eigenvalue weighted by Crippen LogP contribution is -2.50. The van der Waals surface area contributed by atoms with E-state index in [1.54, 1.807) is 48.0 Å². The molecular formula is C46H87IN6O3. The van der Waals surface area contributed by atoms with Gasteiger partial charge in [-0.3, -0.25) is 10.2 Å². The molecule has 0 aromatic heterocycles. The van der Waals surface area contributed by atoms with Crippen LogP contribution in [-0.4, -0.2) is 110 Å². The number of halogens is 1. The van der Waals surface area contributed by atoms with E-state index >= 15 is 0 Å². The number of carbonyl (C=O) groups is 1. The van der Waals surface area contributed by atoms with E-state index in [2.05, 4.69) is 66.2 Å². The summed E-state index contributed by atoms with van der Waals surface area (Å²) in [6.07, 6.45) is 13.8. The molecular weight excluding hydrogens is 811 g/mol. The van der Waals surface area contributed by atoms with Crippen molar-refractivity contribution in [2.45, 2.75) is 127 Å². The summed E-state index contributed by atoms with van der Waals surface area (Å²) in [5.41, 5.74) is 8.05. The van der Waals surface area contributed by atoms with Gasteiger partial charge in [0.05, 0.1) is 5.76 Å². The van der Waals surface area contributed by atoms with Crippen LogP contribution in [0.1, 0.15) is 132 Å². The molecule has 0 unspecified atom stereocenters. The lowest BCUT2D eigenvalue weighted by molar-refractivity contribution is -0.127. The third-order valence-electron chi connectivity index (χ3n) is 9.01. The maximum absolute atomic E-state index is 11.7. The smallest absolute Gasteiger partial charge is 0.246 e.